The van der Waals surface area contributed by atoms with Crippen molar-refractivity contribution in [3.8, 4) is 0 Å². The van der Waals surface area contributed by atoms with E-state index >= 15 is 0 Å². The molecule has 2 aromatic rings. The number of carboxylic acids is 1. The first-order chi connectivity index (χ1) is 38.9. The zero-order valence-corrected chi connectivity index (χ0v) is 48.0. The number of esters is 4. The van der Waals surface area contributed by atoms with E-state index in [-0.39, 0.29) is 49.9 Å². The number of hydrogen-bond donors (Lipinski definition) is 2. The van der Waals surface area contributed by atoms with Gasteiger partial charge in [0.1, 0.15) is 24.2 Å². The molecule has 8 rings (SSSR count). The van der Waals surface area contributed by atoms with E-state index in [0.717, 1.165) is 81.4 Å². The molecule has 2 aliphatic heterocycles. The summed E-state index contributed by atoms with van der Waals surface area (Å²) in [4.78, 5) is 120. The molecule has 21 nitrogen and oxygen atoms in total. The van der Waals surface area contributed by atoms with Crippen molar-refractivity contribution in [2.45, 2.75) is 152 Å². The van der Waals surface area contributed by atoms with Crippen LogP contribution >= 0.6 is 0 Å². The Morgan fingerprint density at radius 1 is 0.506 bits per heavy atom. The van der Waals surface area contributed by atoms with Gasteiger partial charge in [-0.15, -0.1) is 0 Å². The van der Waals surface area contributed by atoms with Gasteiger partial charge in [-0.05, 0) is 106 Å². The minimum absolute atomic E-state index is 0.0468. The fourth-order valence-corrected chi connectivity index (χ4v) is 10.6. The van der Waals surface area contributed by atoms with Gasteiger partial charge >= 0.3 is 29.8 Å². The fraction of sp³-hybridized carbons (Fsp3) is 0.667. The average molecular weight is 1130 g/mol. The predicted octanol–water partition coefficient (Wildman–Crippen LogP) is 4.19. The van der Waals surface area contributed by atoms with Crippen LogP contribution in [0.25, 0.3) is 0 Å². The lowest BCUT2D eigenvalue weighted by Gasteiger charge is -2.33. The molecule has 4 aliphatic carbocycles. The fourth-order valence-electron chi connectivity index (χ4n) is 10.6. The Kier molecular flexibility index (Phi) is 21.1. The molecule has 0 unspecified atom stereocenters. The molecule has 4 saturated carbocycles. The molecule has 2 saturated heterocycles. The third-order valence-corrected chi connectivity index (χ3v) is 16.7. The van der Waals surface area contributed by atoms with Gasteiger partial charge < -0.3 is 63.3 Å². The number of nitrogens with zero attached hydrogens (tertiary/aromatic N) is 5. The van der Waals surface area contributed by atoms with Crippen LogP contribution in [0.3, 0.4) is 0 Å². The van der Waals surface area contributed by atoms with Gasteiger partial charge in [0, 0.05) is 71.5 Å². The Balaban J connectivity index is 0.978. The van der Waals surface area contributed by atoms with Gasteiger partial charge in [-0.2, -0.15) is 0 Å². The number of ether oxygens (including phenoxy) is 6. The van der Waals surface area contributed by atoms with Crippen LogP contribution in [0.4, 0.5) is 11.4 Å². The summed E-state index contributed by atoms with van der Waals surface area (Å²) in [5, 5.41) is 12.6. The molecule has 8 atom stereocenters. The molecule has 6 aliphatic rings. The SMILES string of the molecule is CN[C@@H](CC1CC1)C(=O)O[C@H](Cc1ccc(N2CCOCC2)cc1)C(=O)N(C)[C@@H](CC1CC1)C(=O)O[C@H](C)C(=O)N(C)[C@@H](CC1CC1)C(=O)O[C@H](Cc1ccc(N2CCOCC2)cc1)C(=O)N(C)[C@@H](CC1CC1)C(=O)O[C@H](C)C(=O)O. The third-order valence-electron chi connectivity index (χ3n) is 16.7. The standard InChI is InChI=1S/C60H84N6O15/c1-37(78-58(73)48(32-40-9-10-40)63(5)54(68)51(80-57(72)47(61-3)31-39-7-8-39)35-43-15-19-45(20-16-43)65-23-27-76-28-24-65)53(67)62(4)50(34-42-13-14-42)60(75)81-52(36-44-17-21-46(22-18-44)66-25-29-77-30-26-66)55(69)64(6)49(33-41-11-12-41)59(74)79-38(2)56(70)71/h15-22,37-42,47-52,61H,7-14,23-36H2,1-6H3,(H,70,71)/t37-,38-,47+,48+,49+,50+,51-,52-/m1/s1. The Morgan fingerprint density at radius 3 is 1.20 bits per heavy atom. The zero-order valence-electron chi connectivity index (χ0n) is 48.0. The molecule has 0 spiro atoms. The molecule has 81 heavy (non-hydrogen) atoms. The zero-order chi connectivity index (χ0) is 57.9. The molecule has 0 radical (unpaired) electrons. The number of carbonyl (C=O) groups is 8. The molecular formula is C60H84N6O15. The number of morpholine rings is 2. The number of nitrogens with one attached hydrogen (secondary N) is 1. The molecule has 0 bridgehead atoms. The van der Waals surface area contributed by atoms with Crippen LogP contribution in [-0.4, -0.2) is 197 Å². The van der Waals surface area contributed by atoms with Crippen LogP contribution in [0, 0.1) is 23.7 Å². The number of carbonyl (C=O) groups excluding carboxylic acids is 7. The minimum atomic E-state index is -1.49. The van der Waals surface area contributed by atoms with Crippen molar-refractivity contribution in [2.75, 3.05) is 90.6 Å². The molecule has 2 aromatic carbocycles. The predicted molar refractivity (Wildman–Crippen MR) is 297 cm³/mol. The highest BCUT2D eigenvalue weighted by molar-refractivity contribution is 5.93. The van der Waals surface area contributed by atoms with Crippen molar-refractivity contribution in [3.05, 3.63) is 59.7 Å². The van der Waals surface area contributed by atoms with Crippen molar-refractivity contribution in [3.63, 3.8) is 0 Å². The summed E-state index contributed by atoms with van der Waals surface area (Å²) in [6.07, 6.45) is 2.47. The van der Waals surface area contributed by atoms with E-state index in [1.54, 1.807) is 7.05 Å². The topological polar surface area (TPSA) is 240 Å². The minimum Gasteiger partial charge on any atom is -0.479 e. The second-order valence-electron chi connectivity index (χ2n) is 23.2. The van der Waals surface area contributed by atoms with Crippen molar-refractivity contribution in [1.82, 2.24) is 20.0 Å². The van der Waals surface area contributed by atoms with Gasteiger partial charge in [0.25, 0.3) is 17.7 Å². The first-order valence-corrected chi connectivity index (χ1v) is 29.2. The number of carboxylic acid groups (broad SMARTS) is 1. The number of anilines is 2. The van der Waals surface area contributed by atoms with Gasteiger partial charge in [0.2, 0.25) is 0 Å². The summed E-state index contributed by atoms with van der Waals surface area (Å²) in [6.45, 7) is 7.95. The number of benzene rings is 2. The number of rotatable bonds is 30. The number of amides is 3. The van der Waals surface area contributed by atoms with Crippen molar-refractivity contribution < 1.29 is 71.9 Å². The lowest BCUT2D eigenvalue weighted by Crippen LogP contribution is -2.53. The Morgan fingerprint density at radius 2 is 0.840 bits per heavy atom. The first kappa shape index (κ1) is 60.8. The molecule has 444 valence electrons. The van der Waals surface area contributed by atoms with Gasteiger partial charge in [0.15, 0.2) is 24.4 Å². The normalized spacial score (nSPS) is 20.2. The van der Waals surface area contributed by atoms with Crippen molar-refractivity contribution in [1.29, 1.82) is 0 Å². The van der Waals surface area contributed by atoms with Crippen LogP contribution in [-0.2, 0) is 79.6 Å². The van der Waals surface area contributed by atoms with E-state index in [1.165, 1.54) is 49.7 Å². The van der Waals surface area contributed by atoms with E-state index < -0.39 is 96.2 Å². The van der Waals surface area contributed by atoms with Crippen LogP contribution < -0.4 is 15.1 Å². The van der Waals surface area contributed by atoms with E-state index in [4.69, 9.17) is 28.4 Å². The highest BCUT2D eigenvalue weighted by Gasteiger charge is 2.44. The molecule has 2 heterocycles. The first-order valence-electron chi connectivity index (χ1n) is 29.2. The van der Waals surface area contributed by atoms with Crippen molar-refractivity contribution in [2.24, 2.45) is 23.7 Å². The monoisotopic (exact) mass is 1130 g/mol. The maximum absolute atomic E-state index is 14.7. The highest BCUT2D eigenvalue weighted by atomic mass is 16.6. The number of likely N-dealkylation sites (N-methyl/N-ethyl adjacent to an activating group) is 4. The molecule has 0 aromatic heterocycles. The quantitative estimate of drug-likeness (QED) is 0.0824. The van der Waals surface area contributed by atoms with E-state index in [0.29, 0.717) is 57.4 Å². The lowest BCUT2D eigenvalue weighted by atomic mass is 10.0. The maximum Gasteiger partial charge on any atom is 0.344 e. The van der Waals surface area contributed by atoms with Gasteiger partial charge in [-0.3, -0.25) is 19.2 Å². The van der Waals surface area contributed by atoms with Crippen LogP contribution in [0.5, 0.6) is 0 Å². The summed E-state index contributed by atoms with van der Waals surface area (Å²) >= 11 is 0. The summed E-state index contributed by atoms with van der Waals surface area (Å²) in [5.74, 6) is -5.84. The van der Waals surface area contributed by atoms with E-state index in [2.05, 4.69) is 15.1 Å². The number of aliphatic carboxylic acids is 1. The van der Waals surface area contributed by atoms with Gasteiger partial charge in [0.05, 0.1) is 26.4 Å². The van der Waals surface area contributed by atoms with Crippen LogP contribution in [0.15, 0.2) is 48.5 Å². The van der Waals surface area contributed by atoms with E-state index in [1.807, 2.05) is 48.5 Å². The second-order valence-corrected chi connectivity index (χ2v) is 23.2. The average Bonchev–Trinajstić information content (AvgIpc) is 4.33. The Hall–Kier alpha value is -6.32. The Labute approximate surface area is 475 Å². The van der Waals surface area contributed by atoms with E-state index in [9.17, 15) is 43.5 Å². The summed E-state index contributed by atoms with van der Waals surface area (Å²) in [6, 6.07) is 11.1. The summed E-state index contributed by atoms with van der Waals surface area (Å²) < 4.78 is 34.6. The van der Waals surface area contributed by atoms with Crippen molar-refractivity contribution >= 4 is 58.9 Å². The summed E-state index contributed by atoms with van der Waals surface area (Å²) in [5.41, 5.74) is 3.36. The number of hydrogen-bond acceptors (Lipinski definition) is 17. The largest absolute Gasteiger partial charge is 0.479 e. The molecular weight excluding hydrogens is 1040 g/mol. The maximum atomic E-state index is 14.7. The second kappa shape index (κ2) is 28.1. The van der Waals surface area contributed by atoms with Gasteiger partial charge in [-0.25, -0.2) is 19.2 Å². The molecule has 2 N–H and O–H groups in total. The molecule has 3 amide bonds. The Bertz CT molecular complexity index is 2500. The van der Waals surface area contributed by atoms with Crippen LogP contribution in [0.1, 0.15) is 102 Å². The van der Waals surface area contributed by atoms with Crippen LogP contribution in [0.2, 0.25) is 0 Å². The highest BCUT2D eigenvalue weighted by Crippen LogP contribution is 2.38. The lowest BCUT2D eigenvalue weighted by molar-refractivity contribution is -0.174. The third kappa shape index (κ3) is 17.4. The van der Waals surface area contributed by atoms with Gasteiger partial charge in [-0.1, -0.05) is 75.6 Å². The molecule has 21 heteroatoms. The molecule has 6 fully saturated rings. The smallest absolute Gasteiger partial charge is 0.344 e. The summed E-state index contributed by atoms with van der Waals surface area (Å²) in [7, 11) is 6.00.